The van der Waals surface area contributed by atoms with Gasteiger partial charge >= 0.3 is 0 Å². The smallest absolute Gasteiger partial charge is 0.250 e. The van der Waals surface area contributed by atoms with Crippen molar-refractivity contribution >= 4 is 23.2 Å². The molecule has 1 aromatic rings. The van der Waals surface area contributed by atoms with Crippen LogP contribution in [0.5, 0.6) is 0 Å². The zero-order chi connectivity index (χ0) is 19.4. The van der Waals surface area contributed by atoms with Crippen LogP contribution in [-0.4, -0.2) is 31.1 Å². The molecule has 1 aromatic carbocycles. The summed E-state index contributed by atoms with van der Waals surface area (Å²) >= 11 is 0. The van der Waals surface area contributed by atoms with Gasteiger partial charge in [0.2, 0.25) is 11.8 Å². The highest BCUT2D eigenvalue weighted by molar-refractivity contribution is 6.02. The maximum absolute atomic E-state index is 12.5. The number of benzene rings is 1. The van der Waals surface area contributed by atoms with Gasteiger partial charge in [0.25, 0.3) is 0 Å². The van der Waals surface area contributed by atoms with Crippen LogP contribution >= 0.6 is 0 Å². The second-order valence-corrected chi connectivity index (χ2v) is 8.39. The van der Waals surface area contributed by atoms with Crippen molar-refractivity contribution in [2.75, 3.05) is 23.4 Å². The first-order valence-electron chi connectivity index (χ1n) is 10.3. The van der Waals surface area contributed by atoms with Crippen molar-refractivity contribution in [1.82, 2.24) is 0 Å². The molecule has 27 heavy (non-hydrogen) atoms. The lowest BCUT2D eigenvalue weighted by molar-refractivity contribution is -0.126. The Morgan fingerprint density at radius 3 is 2.78 bits per heavy atom. The van der Waals surface area contributed by atoms with Crippen LogP contribution < -0.4 is 10.2 Å². The summed E-state index contributed by atoms with van der Waals surface area (Å²) < 4.78 is 6.06. The third kappa shape index (κ3) is 4.89. The fourth-order valence-electron chi connectivity index (χ4n) is 4.39. The van der Waals surface area contributed by atoms with Crippen LogP contribution in [0.3, 0.4) is 0 Å². The molecule has 2 amide bonds. The highest BCUT2D eigenvalue weighted by Gasteiger charge is 2.32. The SMILES string of the molecule is CC(C)[C@H]1CC[C@@H](C)C[C@@H]1OCC(=O)Nc1ccccc1N1CCCC1=O. The Labute approximate surface area is 162 Å². The standard InChI is InChI=1S/C22H32N2O3/c1-15(2)17-11-10-16(3)13-20(17)27-14-21(25)23-18-7-4-5-8-19(18)24-12-6-9-22(24)26/h4-5,7-8,15-17,20H,6,9-14H2,1-3H3,(H,23,25)/t16-,17-,20+/m1/s1. The molecule has 1 aliphatic carbocycles. The van der Waals surface area contributed by atoms with Gasteiger partial charge in [0.1, 0.15) is 6.61 Å². The Morgan fingerprint density at radius 2 is 2.07 bits per heavy atom. The molecule has 5 nitrogen and oxygen atoms in total. The summed E-state index contributed by atoms with van der Waals surface area (Å²) in [6.07, 6.45) is 5.02. The van der Waals surface area contributed by atoms with E-state index in [0.717, 1.165) is 18.5 Å². The molecule has 1 aliphatic heterocycles. The van der Waals surface area contributed by atoms with Gasteiger partial charge in [-0.2, -0.15) is 0 Å². The van der Waals surface area contributed by atoms with Crippen LogP contribution in [0.4, 0.5) is 11.4 Å². The van der Waals surface area contributed by atoms with Crippen molar-refractivity contribution in [1.29, 1.82) is 0 Å². The summed E-state index contributed by atoms with van der Waals surface area (Å²) in [5.41, 5.74) is 1.46. The van der Waals surface area contributed by atoms with Crippen molar-refractivity contribution in [3.63, 3.8) is 0 Å². The predicted octanol–water partition coefficient (Wildman–Crippen LogP) is 4.23. The number of rotatable bonds is 6. The first-order chi connectivity index (χ1) is 13.0. The molecule has 3 atom stereocenters. The minimum Gasteiger partial charge on any atom is -0.368 e. The minimum absolute atomic E-state index is 0.0584. The van der Waals surface area contributed by atoms with E-state index in [1.54, 1.807) is 4.90 Å². The van der Waals surface area contributed by atoms with E-state index in [4.69, 9.17) is 4.74 Å². The van der Waals surface area contributed by atoms with Crippen molar-refractivity contribution in [3.05, 3.63) is 24.3 Å². The molecule has 2 aliphatic rings. The molecule has 3 rings (SSSR count). The van der Waals surface area contributed by atoms with Gasteiger partial charge in [-0.15, -0.1) is 0 Å². The summed E-state index contributed by atoms with van der Waals surface area (Å²) in [6.45, 7) is 7.50. The molecular weight excluding hydrogens is 340 g/mol. The molecule has 1 saturated heterocycles. The molecule has 0 radical (unpaired) electrons. The number of nitrogens with one attached hydrogen (secondary N) is 1. The van der Waals surface area contributed by atoms with Crippen molar-refractivity contribution in [2.24, 2.45) is 17.8 Å². The van der Waals surface area contributed by atoms with E-state index in [-0.39, 0.29) is 24.5 Å². The third-order valence-corrected chi connectivity index (χ3v) is 5.93. The van der Waals surface area contributed by atoms with Gasteiger partial charge in [-0.1, -0.05) is 39.3 Å². The molecular formula is C22H32N2O3. The number of hydrogen-bond acceptors (Lipinski definition) is 3. The summed E-state index contributed by atoms with van der Waals surface area (Å²) in [4.78, 5) is 26.3. The largest absolute Gasteiger partial charge is 0.368 e. The van der Waals surface area contributed by atoms with Crippen LogP contribution in [0.15, 0.2) is 24.3 Å². The Bertz CT molecular complexity index is 673. The lowest BCUT2D eigenvalue weighted by Crippen LogP contribution is -2.36. The zero-order valence-electron chi connectivity index (χ0n) is 16.7. The highest BCUT2D eigenvalue weighted by atomic mass is 16.5. The first-order valence-corrected chi connectivity index (χ1v) is 10.3. The van der Waals surface area contributed by atoms with E-state index in [9.17, 15) is 9.59 Å². The fraction of sp³-hybridized carbons (Fsp3) is 0.636. The van der Waals surface area contributed by atoms with E-state index in [1.165, 1.54) is 12.8 Å². The molecule has 2 fully saturated rings. The van der Waals surface area contributed by atoms with Crippen LogP contribution in [0.2, 0.25) is 0 Å². The van der Waals surface area contributed by atoms with Gasteiger partial charge in [0.05, 0.1) is 17.5 Å². The Balaban J connectivity index is 1.60. The second-order valence-electron chi connectivity index (χ2n) is 8.39. The normalized spacial score (nSPS) is 25.9. The molecule has 1 N–H and O–H groups in total. The van der Waals surface area contributed by atoms with Gasteiger partial charge in [0, 0.05) is 13.0 Å². The van der Waals surface area contributed by atoms with Crippen LogP contribution in [-0.2, 0) is 14.3 Å². The minimum atomic E-state index is -0.158. The molecule has 0 aromatic heterocycles. The summed E-state index contributed by atoms with van der Waals surface area (Å²) in [5.74, 6) is 1.68. The molecule has 0 spiro atoms. The number of nitrogens with zero attached hydrogens (tertiary/aromatic N) is 1. The number of hydrogen-bond donors (Lipinski definition) is 1. The Hall–Kier alpha value is -1.88. The third-order valence-electron chi connectivity index (χ3n) is 5.93. The van der Waals surface area contributed by atoms with Gasteiger partial charge < -0.3 is 15.0 Å². The number of carbonyl (C=O) groups is 2. The summed E-state index contributed by atoms with van der Waals surface area (Å²) in [6, 6.07) is 7.50. The second kappa shape index (κ2) is 8.87. The van der Waals surface area contributed by atoms with Gasteiger partial charge in [-0.25, -0.2) is 0 Å². The topological polar surface area (TPSA) is 58.6 Å². The van der Waals surface area contributed by atoms with Crippen LogP contribution in [0, 0.1) is 17.8 Å². The van der Waals surface area contributed by atoms with E-state index in [2.05, 4.69) is 26.1 Å². The predicted molar refractivity (Wildman–Crippen MR) is 108 cm³/mol. The summed E-state index contributed by atoms with van der Waals surface area (Å²) in [5, 5.41) is 2.95. The average molecular weight is 373 g/mol. The van der Waals surface area contributed by atoms with E-state index >= 15 is 0 Å². The molecule has 5 heteroatoms. The van der Waals surface area contributed by atoms with Crippen molar-refractivity contribution < 1.29 is 14.3 Å². The Morgan fingerprint density at radius 1 is 1.30 bits per heavy atom. The van der Waals surface area contributed by atoms with E-state index < -0.39 is 0 Å². The molecule has 1 heterocycles. The van der Waals surface area contributed by atoms with E-state index in [1.807, 2.05) is 24.3 Å². The van der Waals surface area contributed by atoms with Crippen molar-refractivity contribution in [2.45, 2.75) is 59.0 Å². The lowest BCUT2D eigenvalue weighted by Gasteiger charge is -2.37. The molecule has 1 saturated carbocycles. The molecule has 148 valence electrons. The van der Waals surface area contributed by atoms with E-state index in [0.29, 0.717) is 36.4 Å². The van der Waals surface area contributed by atoms with Gasteiger partial charge in [-0.3, -0.25) is 9.59 Å². The van der Waals surface area contributed by atoms with Gasteiger partial charge in [-0.05, 0) is 49.1 Å². The quantitative estimate of drug-likeness (QED) is 0.813. The monoisotopic (exact) mass is 372 g/mol. The number of carbonyl (C=O) groups excluding carboxylic acids is 2. The van der Waals surface area contributed by atoms with Crippen LogP contribution in [0.25, 0.3) is 0 Å². The lowest BCUT2D eigenvalue weighted by atomic mass is 9.75. The Kier molecular flexibility index (Phi) is 6.53. The summed E-state index contributed by atoms with van der Waals surface area (Å²) in [7, 11) is 0. The maximum atomic E-state index is 12.5. The molecule has 0 bridgehead atoms. The van der Waals surface area contributed by atoms with Gasteiger partial charge in [0.15, 0.2) is 0 Å². The number of amides is 2. The highest BCUT2D eigenvalue weighted by Crippen LogP contribution is 2.35. The van der Waals surface area contributed by atoms with Crippen molar-refractivity contribution in [3.8, 4) is 0 Å². The number of para-hydroxylation sites is 2. The fourth-order valence-corrected chi connectivity index (χ4v) is 4.39. The molecule has 0 unspecified atom stereocenters. The first kappa shape index (κ1) is 19.9. The average Bonchev–Trinajstić information content (AvgIpc) is 3.06. The maximum Gasteiger partial charge on any atom is 0.250 e. The zero-order valence-corrected chi connectivity index (χ0v) is 16.7. The number of ether oxygens (including phenoxy) is 1. The van der Waals surface area contributed by atoms with Crippen LogP contribution in [0.1, 0.15) is 52.9 Å². The number of anilines is 2.